The molecule has 5 heteroatoms. The van der Waals surface area contributed by atoms with Crippen molar-refractivity contribution in [2.24, 2.45) is 0 Å². The van der Waals surface area contributed by atoms with Crippen LogP contribution in [-0.2, 0) is 4.79 Å². The van der Waals surface area contributed by atoms with Crippen molar-refractivity contribution < 1.29 is 9.90 Å². The second kappa shape index (κ2) is 8.15. The fourth-order valence-electron chi connectivity index (χ4n) is 3.34. The molecule has 1 aromatic carbocycles. The Labute approximate surface area is 154 Å². The van der Waals surface area contributed by atoms with Gasteiger partial charge in [-0.2, -0.15) is 0 Å². The molecule has 1 aliphatic heterocycles. The summed E-state index contributed by atoms with van der Waals surface area (Å²) in [7, 11) is 4.29. The molecule has 2 aromatic rings. The number of carboxylic acids is 1. The van der Waals surface area contributed by atoms with Gasteiger partial charge < -0.3 is 14.9 Å². The quantitative estimate of drug-likeness (QED) is 0.837. The lowest BCUT2D eigenvalue weighted by molar-refractivity contribution is -0.131. The monoisotopic (exact) mass is 351 g/mol. The van der Waals surface area contributed by atoms with Crippen LogP contribution in [0, 0.1) is 0 Å². The second-order valence-electron chi connectivity index (χ2n) is 6.86. The van der Waals surface area contributed by atoms with E-state index < -0.39 is 5.97 Å². The summed E-state index contributed by atoms with van der Waals surface area (Å²) in [6.07, 6.45) is 5.04. The number of anilines is 1. The van der Waals surface area contributed by atoms with Gasteiger partial charge in [-0.25, -0.2) is 9.78 Å². The number of aromatic nitrogens is 1. The van der Waals surface area contributed by atoms with E-state index in [4.69, 9.17) is 10.1 Å². The highest BCUT2D eigenvalue weighted by Crippen LogP contribution is 2.24. The van der Waals surface area contributed by atoms with Crippen LogP contribution in [0.4, 0.5) is 5.82 Å². The van der Waals surface area contributed by atoms with Gasteiger partial charge in [0.15, 0.2) is 0 Å². The summed E-state index contributed by atoms with van der Waals surface area (Å²) >= 11 is 0. The van der Waals surface area contributed by atoms with Gasteiger partial charge in [0.2, 0.25) is 0 Å². The number of carbonyl (C=O) groups is 1. The Morgan fingerprint density at radius 2 is 1.92 bits per heavy atom. The van der Waals surface area contributed by atoms with E-state index in [2.05, 4.69) is 30.0 Å². The van der Waals surface area contributed by atoms with E-state index in [0.717, 1.165) is 54.6 Å². The molecule has 0 bridgehead atoms. The zero-order valence-electron chi connectivity index (χ0n) is 15.3. The summed E-state index contributed by atoms with van der Waals surface area (Å²) in [6, 6.07) is 14.5. The fourth-order valence-corrected chi connectivity index (χ4v) is 3.34. The molecule has 1 aliphatic rings. The summed E-state index contributed by atoms with van der Waals surface area (Å²) in [4.78, 5) is 20.2. The number of rotatable bonds is 5. The Morgan fingerprint density at radius 1 is 1.19 bits per heavy atom. The lowest BCUT2D eigenvalue weighted by Gasteiger charge is -2.35. The molecule has 26 heavy (non-hydrogen) atoms. The Hall–Kier alpha value is -2.66. The second-order valence-corrected chi connectivity index (χ2v) is 6.86. The van der Waals surface area contributed by atoms with E-state index >= 15 is 0 Å². The maximum absolute atomic E-state index is 10.7. The molecule has 2 heterocycles. The van der Waals surface area contributed by atoms with Gasteiger partial charge >= 0.3 is 5.97 Å². The highest BCUT2D eigenvalue weighted by Gasteiger charge is 2.21. The number of pyridine rings is 1. The number of nitrogens with zero attached hydrogens (tertiary/aromatic N) is 3. The van der Waals surface area contributed by atoms with Crippen LogP contribution in [0.25, 0.3) is 17.3 Å². The maximum Gasteiger partial charge on any atom is 0.328 e. The van der Waals surface area contributed by atoms with E-state index in [0.29, 0.717) is 6.04 Å². The summed E-state index contributed by atoms with van der Waals surface area (Å²) in [5.74, 6) is 0.0582. The van der Waals surface area contributed by atoms with Crippen LogP contribution >= 0.6 is 0 Å². The molecule has 0 saturated carbocycles. The van der Waals surface area contributed by atoms with Crippen LogP contribution in [0.15, 0.2) is 48.5 Å². The predicted octanol–water partition coefficient (Wildman–Crippen LogP) is 3.38. The van der Waals surface area contributed by atoms with Crippen LogP contribution in [-0.4, -0.2) is 54.2 Å². The first-order valence-electron chi connectivity index (χ1n) is 8.93. The summed E-state index contributed by atoms with van der Waals surface area (Å²) < 4.78 is 0. The van der Waals surface area contributed by atoms with Gasteiger partial charge in [0, 0.05) is 30.8 Å². The van der Waals surface area contributed by atoms with Crippen molar-refractivity contribution in [1.82, 2.24) is 9.88 Å². The standard InChI is InChI=1S/C21H25N3O2/c1-23(2)18-11-13-24(14-12-18)20-8-4-7-19(22-20)17-6-3-5-16(15-17)9-10-21(25)26/h3-10,15,18H,11-14H2,1-2H3,(H,25,26)/b10-9+. The molecular weight excluding hydrogens is 326 g/mol. The summed E-state index contributed by atoms with van der Waals surface area (Å²) in [5.41, 5.74) is 2.74. The highest BCUT2D eigenvalue weighted by atomic mass is 16.4. The first-order valence-corrected chi connectivity index (χ1v) is 8.93. The van der Waals surface area contributed by atoms with Crippen LogP contribution in [0.5, 0.6) is 0 Å². The van der Waals surface area contributed by atoms with Crippen LogP contribution in [0.3, 0.4) is 0 Å². The van der Waals surface area contributed by atoms with Crippen molar-refractivity contribution in [1.29, 1.82) is 0 Å². The Kier molecular flexibility index (Phi) is 5.68. The fraction of sp³-hybridized carbons (Fsp3) is 0.333. The normalized spacial score (nSPS) is 15.7. The van der Waals surface area contributed by atoms with Crippen molar-refractivity contribution in [2.75, 3.05) is 32.1 Å². The molecule has 0 atom stereocenters. The third-order valence-electron chi connectivity index (χ3n) is 4.85. The van der Waals surface area contributed by atoms with Crippen LogP contribution in [0.2, 0.25) is 0 Å². The van der Waals surface area contributed by atoms with Gasteiger partial charge in [-0.1, -0.05) is 24.3 Å². The first-order chi connectivity index (χ1) is 12.5. The van der Waals surface area contributed by atoms with E-state index in [-0.39, 0.29) is 0 Å². The zero-order valence-corrected chi connectivity index (χ0v) is 15.3. The van der Waals surface area contributed by atoms with E-state index in [1.807, 2.05) is 36.4 Å². The maximum atomic E-state index is 10.7. The minimum atomic E-state index is -0.948. The topological polar surface area (TPSA) is 56.7 Å². The van der Waals surface area contributed by atoms with Crippen molar-refractivity contribution >= 4 is 17.9 Å². The van der Waals surface area contributed by atoms with Crippen molar-refractivity contribution in [2.45, 2.75) is 18.9 Å². The predicted molar refractivity (Wildman–Crippen MR) is 105 cm³/mol. The van der Waals surface area contributed by atoms with Crippen LogP contribution in [0.1, 0.15) is 18.4 Å². The minimum absolute atomic E-state index is 0.645. The van der Waals surface area contributed by atoms with Crippen LogP contribution < -0.4 is 4.90 Å². The third kappa shape index (κ3) is 4.49. The van der Waals surface area contributed by atoms with Gasteiger partial charge in [0.25, 0.3) is 0 Å². The number of hydrogen-bond acceptors (Lipinski definition) is 4. The molecule has 136 valence electrons. The third-order valence-corrected chi connectivity index (χ3v) is 4.85. The summed E-state index contributed by atoms with van der Waals surface area (Å²) in [5, 5.41) is 8.79. The number of hydrogen-bond donors (Lipinski definition) is 1. The van der Waals surface area contributed by atoms with Crippen molar-refractivity contribution in [3.8, 4) is 11.3 Å². The van der Waals surface area contributed by atoms with Crippen molar-refractivity contribution in [3.63, 3.8) is 0 Å². The average molecular weight is 351 g/mol. The molecule has 1 aromatic heterocycles. The SMILES string of the molecule is CN(C)C1CCN(c2cccc(-c3cccc(/C=C/C(=O)O)c3)n2)CC1. The Morgan fingerprint density at radius 3 is 2.62 bits per heavy atom. The first kappa shape index (κ1) is 18.1. The van der Waals surface area contributed by atoms with Crippen molar-refractivity contribution in [3.05, 3.63) is 54.1 Å². The highest BCUT2D eigenvalue weighted by molar-refractivity contribution is 5.85. The molecule has 1 saturated heterocycles. The number of piperidine rings is 1. The molecule has 0 unspecified atom stereocenters. The minimum Gasteiger partial charge on any atom is -0.478 e. The molecule has 1 fully saturated rings. The van der Waals surface area contributed by atoms with E-state index in [1.165, 1.54) is 0 Å². The average Bonchev–Trinajstić information content (AvgIpc) is 2.67. The molecule has 0 radical (unpaired) electrons. The largest absolute Gasteiger partial charge is 0.478 e. The molecule has 3 rings (SSSR count). The van der Waals surface area contributed by atoms with Gasteiger partial charge in [0.05, 0.1) is 5.69 Å². The molecule has 5 nitrogen and oxygen atoms in total. The number of carboxylic acid groups (broad SMARTS) is 1. The number of benzene rings is 1. The lowest BCUT2D eigenvalue weighted by Crippen LogP contribution is -2.42. The smallest absolute Gasteiger partial charge is 0.328 e. The molecule has 0 amide bonds. The Balaban J connectivity index is 1.78. The molecule has 0 aliphatic carbocycles. The van der Waals surface area contributed by atoms with Gasteiger partial charge in [-0.15, -0.1) is 0 Å². The lowest BCUT2D eigenvalue weighted by atomic mass is 10.0. The Bertz CT molecular complexity index is 793. The molecule has 0 spiro atoms. The van der Waals surface area contributed by atoms with Gasteiger partial charge in [0.1, 0.15) is 5.82 Å². The van der Waals surface area contributed by atoms with E-state index in [9.17, 15) is 4.79 Å². The molecule has 1 N–H and O–H groups in total. The van der Waals surface area contributed by atoms with Gasteiger partial charge in [-0.05, 0) is 56.8 Å². The number of aliphatic carboxylic acids is 1. The molecular formula is C21H25N3O2. The van der Waals surface area contributed by atoms with E-state index in [1.54, 1.807) is 6.08 Å². The summed E-state index contributed by atoms with van der Waals surface area (Å²) in [6.45, 7) is 2.03. The zero-order chi connectivity index (χ0) is 18.5. The van der Waals surface area contributed by atoms with Gasteiger partial charge in [-0.3, -0.25) is 0 Å².